The lowest BCUT2D eigenvalue weighted by Crippen LogP contribution is -2.53. The van der Waals surface area contributed by atoms with E-state index < -0.39 is 11.9 Å². The van der Waals surface area contributed by atoms with E-state index in [-0.39, 0.29) is 18.2 Å². The van der Waals surface area contributed by atoms with Crippen LogP contribution in [0.1, 0.15) is 42.6 Å². The van der Waals surface area contributed by atoms with Gasteiger partial charge < -0.3 is 0 Å². The largest absolute Gasteiger partial charge is 0.295 e. The number of piperidine rings is 1. The lowest BCUT2D eigenvalue weighted by molar-refractivity contribution is -0.134. The van der Waals surface area contributed by atoms with Gasteiger partial charge in [0.15, 0.2) is 0 Å². The summed E-state index contributed by atoms with van der Waals surface area (Å²) in [5.41, 5.74) is 2.48. The highest BCUT2D eigenvalue weighted by Crippen LogP contribution is 2.40. The summed E-state index contributed by atoms with van der Waals surface area (Å²) in [6.07, 6.45) is 0.616. The summed E-state index contributed by atoms with van der Waals surface area (Å²) in [4.78, 5) is 37.8. The van der Waals surface area contributed by atoms with Crippen LogP contribution in [0, 0.1) is 6.92 Å². The van der Waals surface area contributed by atoms with Gasteiger partial charge in [-0.15, -0.1) is 0 Å². The first-order valence-corrected chi connectivity index (χ1v) is 8.27. The van der Waals surface area contributed by atoms with Crippen LogP contribution in [-0.4, -0.2) is 23.8 Å². The molecule has 5 heteroatoms. The van der Waals surface area contributed by atoms with Crippen LogP contribution in [0.25, 0.3) is 10.8 Å². The predicted octanol–water partition coefficient (Wildman–Crippen LogP) is 2.94. The number of imide groups is 1. The summed E-state index contributed by atoms with van der Waals surface area (Å²) >= 11 is 0. The van der Waals surface area contributed by atoms with Crippen molar-refractivity contribution in [2.75, 3.05) is 4.90 Å². The number of rotatable bonds is 1. The van der Waals surface area contributed by atoms with Crippen LogP contribution in [0.3, 0.4) is 0 Å². The number of nitrogens with zero attached hydrogens (tertiary/aromatic N) is 1. The van der Waals surface area contributed by atoms with Gasteiger partial charge in [0.1, 0.15) is 6.04 Å². The lowest BCUT2D eigenvalue weighted by Gasteiger charge is -2.30. The molecule has 24 heavy (non-hydrogen) atoms. The van der Waals surface area contributed by atoms with E-state index in [1.165, 1.54) is 0 Å². The van der Waals surface area contributed by atoms with Crippen LogP contribution in [0.4, 0.5) is 5.69 Å². The van der Waals surface area contributed by atoms with E-state index in [2.05, 4.69) is 5.32 Å². The molecule has 2 aliphatic rings. The molecule has 2 aromatic rings. The third-order valence-corrected chi connectivity index (χ3v) is 4.47. The van der Waals surface area contributed by atoms with Crippen LogP contribution in [0.15, 0.2) is 30.3 Å². The highest BCUT2D eigenvalue weighted by Gasteiger charge is 2.40. The molecule has 2 heterocycles. The van der Waals surface area contributed by atoms with Crippen molar-refractivity contribution in [1.82, 2.24) is 5.32 Å². The molecule has 4 rings (SSSR count). The van der Waals surface area contributed by atoms with Crippen molar-refractivity contribution in [3.8, 4) is 0 Å². The number of nitrogens with one attached hydrogen (secondary N) is 1. The fourth-order valence-electron chi connectivity index (χ4n) is 3.39. The van der Waals surface area contributed by atoms with E-state index in [0.717, 1.165) is 22.0 Å². The zero-order valence-corrected chi connectivity index (χ0v) is 14.1. The number of hydrogen-bond donors (Lipinski definition) is 1. The fourth-order valence-corrected chi connectivity index (χ4v) is 3.39. The maximum atomic E-state index is 12.8. The Morgan fingerprint density at radius 2 is 1.83 bits per heavy atom. The van der Waals surface area contributed by atoms with Gasteiger partial charge in [-0.2, -0.15) is 0 Å². The van der Waals surface area contributed by atoms with Crippen LogP contribution >= 0.6 is 0 Å². The van der Waals surface area contributed by atoms with Crippen LogP contribution in [0.5, 0.6) is 0 Å². The highest BCUT2D eigenvalue weighted by molar-refractivity contribution is 6.27. The van der Waals surface area contributed by atoms with E-state index in [1.807, 2.05) is 45.0 Å². The fraction of sp³-hybridized carbons (Fsp3) is 0.316. The molecule has 1 atom stereocenters. The van der Waals surface area contributed by atoms with Gasteiger partial charge >= 0.3 is 0 Å². The topological polar surface area (TPSA) is 66.5 Å². The van der Waals surface area contributed by atoms with Crippen molar-refractivity contribution >= 4 is 34.2 Å². The standard InChI is InChI=1S/C17H14N2O3.C2H6/c1-9-5-6-12-15-10(9)3-2-4-11(15)17(22)19(12)13-7-8-14(20)18-16(13)21;1-2/h2-6,13H,7-8H2,1H3,(H,18,20,21);1-2H3. The molecule has 5 nitrogen and oxygen atoms in total. The Morgan fingerprint density at radius 3 is 2.54 bits per heavy atom. The molecule has 0 aromatic heterocycles. The second kappa shape index (κ2) is 6.07. The summed E-state index contributed by atoms with van der Waals surface area (Å²) in [7, 11) is 0. The summed E-state index contributed by atoms with van der Waals surface area (Å²) in [5.74, 6) is -0.841. The van der Waals surface area contributed by atoms with Crippen molar-refractivity contribution in [1.29, 1.82) is 0 Å². The number of amides is 3. The lowest BCUT2D eigenvalue weighted by atomic mass is 10.0. The quantitative estimate of drug-likeness (QED) is 0.820. The molecule has 0 radical (unpaired) electrons. The first kappa shape index (κ1) is 16.2. The van der Waals surface area contributed by atoms with Crippen LogP contribution in [-0.2, 0) is 9.59 Å². The number of benzene rings is 2. The number of carbonyl (C=O) groups is 3. The van der Waals surface area contributed by atoms with Crippen molar-refractivity contribution < 1.29 is 14.4 Å². The molecule has 1 N–H and O–H groups in total. The van der Waals surface area contributed by atoms with E-state index in [4.69, 9.17) is 0 Å². The Kier molecular flexibility index (Phi) is 4.09. The van der Waals surface area contributed by atoms with Gasteiger partial charge in [-0.05, 0) is 36.4 Å². The average molecular weight is 324 g/mol. The molecule has 3 amide bonds. The Balaban J connectivity index is 0.000000815. The minimum atomic E-state index is -0.622. The van der Waals surface area contributed by atoms with Gasteiger partial charge in [0.2, 0.25) is 11.8 Å². The van der Waals surface area contributed by atoms with Crippen LogP contribution < -0.4 is 10.2 Å². The number of aryl methyl sites for hydroxylation is 1. The zero-order chi connectivity index (χ0) is 17.4. The maximum absolute atomic E-state index is 12.8. The third kappa shape index (κ3) is 2.28. The van der Waals surface area contributed by atoms with Gasteiger partial charge in [-0.1, -0.05) is 32.0 Å². The first-order valence-electron chi connectivity index (χ1n) is 8.27. The Labute approximate surface area is 140 Å². The maximum Gasteiger partial charge on any atom is 0.259 e. The summed E-state index contributed by atoms with van der Waals surface area (Å²) in [6.45, 7) is 6.00. The van der Waals surface area contributed by atoms with Crippen molar-refractivity contribution in [2.24, 2.45) is 0 Å². The number of carbonyl (C=O) groups excluding carboxylic acids is 3. The Morgan fingerprint density at radius 1 is 1.08 bits per heavy atom. The second-order valence-electron chi connectivity index (χ2n) is 5.77. The third-order valence-electron chi connectivity index (χ3n) is 4.47. The van der Waals surface area contributed by atoms with Gasteiger partial charge in [-0.3, -0.25) is 24.6 Å². The van der Waals surface area contributed by atoms with E-state index in [1.54, 1.807) is 11.0 Å². The van der Waals surface area contributed by atoms with Crippen LogP contribution in [0.2, 0.25) is 0 Å². The molecule has 0 saturated carbocycles. The van der Waals surface area contributed by atoms with Gasteiger partial charge in [-0.25, -0.2) is 0 Å². The molecule has 0 spiro atoms. The van der Waals surface area contributed by atoms with Crippen molar-refractivity contribution in [3.63, 3.8) is 0 Å². The zero-order valence-electron chi connectivity index (χ0n) is 14.1. The summed E-state index contributed by atoms with van der Waals surface area (Å²) in [6, 6.07) is 8.86. The first-order chi connectivity index (χ1) is 11.6. The second-order valence-corrected chi connectivity index (χ2v) is 5.77. The molecule has 2 aromatic carbocycles. The van der Waals surface area contributed by atoms with Gasteiger partial charge in [0, 0.05) is 17.4 Å². The number of anilines is 1. The molecule has 124 valence electrons. The normalized spacial score (nSPS) is 19.2. The summed E-state index contributed by atoms with van der Waals surface area (Å²) < 4.78 is 0. The van der Waals surface area contributed by atoms with Crippen molar-refractivity contribution in [3.05, 3.63) is 41.5 Å². The molecule has 1 saturated heterocycles. The van der Waals surface area contributed by atoms with Crippen molar-refractivity contribution in [2.45, 2.75) is 39.7 Å². The molecular weight excluding hydrogens is 304 g/mol. The number of hydrogen-bond acceptors (Lipinski definition) is 3. The predicted molar refractivity (Wildman–Crippen MR) is 93.0 cm³/mol. The van der Waals surface area contributed by atoms with E-state index in [0.29, 0.717) is 12.0 Å². The molecule has 2 aliphatic heterocycles. The highest BCUT2D eigenvalue weighted by atomic mass is 16.2. The van der Waals surface area contributed by atoms with E-state index in [9.17, 15) is 14.4 Å². The molecular formula is C19H20N2O3. The average Bonchev–Trinajstić information content (AvgIpc) is 2.87. The Bertz CT molecular complexity index is 857. The van der Waals surface area contributed by atoms with E-state index >= 15 is 0 Å². The molecule has 0 aliphatic carbocycles. The molecule has 0 bridgehead atoms. The summed E-state index contributed by atoms with van der Waals surface area (Å²) in [5, 5.41) is 4.25. The van der Waals surface area contributed by atoms with Gasteiger partial charge in [0.25, 0.3) is 5.91 Å². The smallest absolute Gasteiger partial charge is 0.259 e. The van der Waals surface area contributed by atoms with Gasteiger partial charge in [0.05, 0.1) is 5.69 Å². The Hall–Kier alpha value is -2.69. The minimum absolute atomic E-state index is 0.166. The minimum Gasteiger partial charge on any atom is -0.295 e. The SMILES string of the molecule is CC.Cc1ccc2c3c(cccc13)C(=O)N2C1CCC(=O)NC1=O. The molecule has 1 unspecified atom stereocenters. The monoisotopic (exact) mass is 324 g/mol. The molecule has 1 fully saturated rings.